The van der Waals surface area contributed by atoms with Crippen LogP contribution in [-0.4, -0.2) is 5.91 Å². The number of rotatable bonds is 5. The molecule has 25 heavy (non-hydrogen) atoms. The number of nitrogens with zero attached hydrogens (tertiary/aromatic N) is 1. The van der Waals surface area contributed by atoms with Crippen molar-refractivity contribution >= 4 is 33.6 Å². The number of carbonyl (C=O) groups is 1. The second kappa shape index (κ2) is 8.45. The highest BCUT2D eigenvalue weighted by Crippen LogP contribution is 2.27. The Morgan fingerprint density at radius 1 is 0.840 bits per heavy atom. The van der Waals surface area contributed by atoms with Gasteiger partial charge >= 0.3 is 0 Å². The van der Waals surface area contributed by atoms with Gasteiger partial charge < -0.3 is 4.90 Å². The summed E-state index contributed by atoms with van der Waals surface area (Å²) in [5.41, 5.74) is 2.94. The minimum atomic E-state index is -0.0559. The summed E-state index contributed by atoms with van der Waals surface area (Å²) in [6.45, 7) is 0.515. The van der Waals surface area contributed by atoms with Crippen LogP contribution in [0.3, 0.4) is 0 Å². The molecule has 0 saturated carbocycles. The fourth-order valence-corrected chi connectivity index (χ4v) is 3.04. The number of para-hydroxylation sites is 1. The molecule has 0 aliphatic rings. The first kappa shape index (κ1) is 17.2. The van der Waals surface area contributed by atoms with Crippen LogP contribution in [0.2, 0.25) is 0 Å². The number of benzene rings is 3. The van der Waals surface area contributed by atoms with Crippen molar-refractivity contribution in [3.8, 4) is 0 Å². The van der Waals surface area contributed by atoms with Gasteiger partial charge in [-0.1, -0.05) is 72.8 Å². The van der Waals surface area contributed by atoms with Crippen molar-refractivity contribution in [3.63, 3.8) is 0 Å². The fraction of sp³-hybridized carbons (Fsp3) is 0.0455. The van der Waals surface area contributed by atoms with Crippen LogP contribution in [0.25, 0.3) is 6.08 Å². The molecular formula is C22H18BrNO. The lowest BCUT2D eigenvalue weighted by Crippen LogP contribution is -2.29. The van der Waals surface area contributed by atoms with Crippen molar-refractivity contribution in [2.75, 3.05) is 4.90 Å². The van der Waals surface area contributed by atoms with E-state index in [1.807, 2.05) is 91.0 Å². The third-order valence-corrected chi connectivity index (χ3v) is 4.48. The Balaban J connectivity index is 1.89. The smallest absolute Gasteiger partial charge is 0.251 e. The summed E-state index contributed by atoms with van der Waals surface area (Å²) in [6, 6.07) is 27.6. The molecular weight excluding hydrogens is 374 g/mol. The van der Waals surface area contributed by atoms with Crippen LogP contribution in [0.1, 0.15) is 11.1 Å². The van der Waals surface area contributed by atoms with Crippen molar-refractivity contribution in [3.05, 3.63) is 107 Å². The molecule has 0 aliphatic carbocycles. The maximum absolute atomic E-state index is 12.9. The largest absolute Gasteiger partial charge is 0.303 e. The van der Waals surface area contributed by atoms with Crippen molar-refractivity contribution in [2.45, 2.75) is 6.54 Å². The van der Waals surface area contributed by atoms with E-state index in [1.165, 1.54) is 0 Å². The predicted molar refractivity (Wildman–Crippen MR) is 107 cm³/mol. The van der Waals surface area contributed by atoms with Gasteiger partial charge in [0.1, 0.15) is 0 Å². The Morgan fingerprint density at radius 3 is 2.12 bits per heavy atom. The van der Waals surface area contributed by atoms with Crippen LogP contribution < -0.4 is 4.90 Å². The van der Waals surface area contributed by atoms with Crippen molar-refractivity contribution in [1.29, 1.82) is 0 Å². The molecule has 0 saturated heterocycles. The van der Waals surface area contributed by atoms with E-state index < -0.39 is 0 Å². The number of halogens is 1. The van der Waals surface area contributed by atoms with E-state index in [0.29, 0.717) is 6.54 Å². The average Bonchev–Trinajstić information content (AvgIpc) is 2.66. The van der Waals surface area contributed by atoms with Gasteiger partial charge in [0.15, 0.2) is 0 Å². The molecule has 3 aromatic rings. The maximum atomic E-state index is 12.9. The van der Waals surface area contributed by atoms with Crippen LogP contribution in [0, 0.1) is 0 Å². The molecule has 0 bridgehead atoms. The zero-order chi connectivity index (χ0) is 17.5. The molecule has 0 atom stereocenters. The van der Waals surface area contributed by atoms with Crippen LogP contribution in [0.4, 0.5) is 5.69 Å². The summed E-state index contributed by atoms with van der Waals surface area (Å²) < 4.78 is 0.896. The van der Waals surface area contributed by atoms with Gasteiger partial charge in [-0.15, -0.1) is 0 Å². The van der Waals surface area contributed by atoms with Crippen LogP contribution in [0.5, 0.6) is 0 Å². The third kappa shape index (κ3) is 4.68. The molecule has 2 nitrogen and oxygen atoms in total. The molecule has 0 heterocycles. The molecule has 0 fully saturated rings. The van der Waals surface area contributed by atoms with Gasteiger partial charge in [0, 0.05) is 10.5 Å². The Labute approximate surface area is 156 Å². The summed E-state index contributed by atoms with van der Waals surface area (Å²) in [7, 11) is 0. The summed E-state index contributed by atoms with van der Waals surface area (Å²) in [4.78, 5) is 14.7. The lowest BCUT2D eigenvalue weighted by Gasteiger charge is -2.23. The maximum Gasteiger partial charge on any atom is 0.251 e. The molecule has 0 N–H and O–H groups in total. The average molecular weight is 392 g/mol. The molecule has 3 heteroatoms. The van der Waals surface area contributed by atoms with Gasteiger partial charge in [-0.25, -0.2) is 0 Å². The second-order valence-electron chi connectivity index (χ2n) is 5.61. The number of hydrogen-bond acceptors (Lipinski definition) is 1. The van der Waals surface area contributed by atoms with Gasteiger partial charge in [0.2, 0.25) is 0 Å². The zero-order valence-electron chi connectivity index (χ0n) is 13.7. The third-order valence-electron chi connectivity index (χ3n) is 3.81. The minimum Gasteiger partial charge on any atom is -0.303 e. The summed E-state index contributed by atoms with van der Waals surface area (Å²) in [5, 5.41) is 0. The van der Waals surface area contributed by atoms with Crippen LogP contribution in [0.15, 0.2) is 95.5 Å². The first-order valence-electron chi connectivity index (χ1n) is 8.07. The Kier molecular flexibility index (Phi) is 5.81. The van der Waals surface area contributed by atoms with Crippen molar-refractivity contribution in [1.82, 2.24) is 0 Å². The van der Waals surface area contributed by atoms with Gasteiger partial charge in [-0.2, -0.15) is 0 Å². The fourth-order valence-electron chi connectivity index (χ4n) is 2.54. The molecule has 0 spiro atoms. The lowest BCUT2D eigenvalue weighted by atomic mass is 10.1. The normalized spacial score (nSPS) is 10.8. The number of hydrogen-bond donors (Lipinski definition) is 0. The van der Waals surface area contributed by atoms with Gasteiger partial charge in [0.25, 0.3) is 5.91 Å². The molecule has 0 aromatic heterocycles. The molecule has 0 radical (unpaired) electrons. The molecule has 0 aliphatic heterocycles. The highest BCUT2D eigenvalue weighted by molar-refractivity contribution is 9.10. The second-order valence-corrected chi connectivity index (χ2v) is 6.46. The van der Waals surface area contributed by atoms with E-state index in [2.05, 4.69) is 15.9 Å². The van der Waals surface area contributed by atoms with Crippen LogP contribution in [-0.2, 0) is 11.3 Å². The molecule has 3 rings (SSSR count). The van der Waals surface area contributed by atoms with E-state index in [-0.39, 0.29) is 5.91 Å². The van der Waals surface area contributed by atoms with Gasteiger partial charge in [-0.05, 0) is 45.3 Å². The monoisotopic (exact) mass is 391 g/mol. The summed E-state index contributed by atoms with van der Waals surface area (Å²) in [5.74, 6) is -0.0559. The van der Waals surface area contributed by atoms with Crippen molar-refractivity contribution < 1.29 is 4.79 Å². The molecule has 0 unspecified atom stereocenters. The van der Waals surface area contributed by atoms with Gasteiger partial charge in [-0.3, -0.25) is 4.79 Å². The molecule has 3 aromatic carbocycles. The topological polar surface area (TPSA) is 20.3 Å². The van der Waals surface area contributed by atoms with E-state index in [9.17, 15) is 4.79 Å². The predicted octanol–water partition coefficient (Wildman–Crippen LogP) is 5.70. The molecule has 124 valence electrons. The van der Waals surface area contributed by atoms with E-state index >= 15 is 0 Å². The summed E-state index contributed by atoms with van der Waals surface area (Å²) in [6.07, 6.45) is 3.47. The highest BCUT2D eigenvalue weighted by Gasteiger charge is 2.16. The first-order valence-corrected chi connectivity index (χ1v) is 8.86. The Morgan fingerprint density at radius 2 is 1.44 bits per heavy atom. The van der Waals surface area contributed by atoms with E-state index in [1.54, 1.807) is 11.0 Å². The number of anilines is 1. The van der Waals surface area contributed by atoms with Crippen LogP contribution >= 0.6 is 15.9 Å². The minimum absolute atomic E-state index is 0.0559. The molecule has 1 amide bonds. The zero-order valence-corrected chi connectivity index (χ0v) is 15.3. The van der Waals surface area contributed by atoms with Crippen molar-refractivity contribution in [2.24, 2.45) is 0 Å². The number of amides is 1. The standard InChI is InChI=1S/C22H18BrNO/c23-20-13-7-8-14-21(20)24(17-19-11-5-2-6-12-19)22(25)16-15-18-9-3-1-4-10-18/h1-16H,17H2/b16-15+. The van der Waals surface area contributed by atoms with Gasteiger partial charge in [0.05, 0.1) is 12.2 Å². The number of carbonyl (C=O) groups excluding carboxylic acids is 1. The van der Waals surface area contributed by atoms with E-state index in [0.717, 1.165) is 21.3 Å². The Bertz CT molecular complexity index is 859. The Hall–Kier alpha value is -2.65. The highest BCUT2D eigenvalue weighted by atomic mass is 79.9. The SMILES string of the molecule is O=C(/C=C/c1ccccc1)N(Cc1ccccc1)c1ccccc1Br. The quantitative estimate of drug-likeness (QED) is 0.511. The lowest BCUT2D eigenvalue weighted by molar-refractivity contribution is -0.114. The van der Waals surface area contributed by atoms with E-state index in [4.69, 9.17) is 0 Å². The summed E-state index contributed by atoms with van der Waals surface area (Å²) >= 11 is 3.56. The first-order chi connectivity index (χ1) is 12.2.